The molecule has 0 saturated carbocycles. The number of hydrogen-bond acceptors (Lipinski definition) is 4. The van der Waals surface area contributed by atoms with Gasteiger partial charge >= 0.3 is 5.97 Å². The lowest BCUT2D eigenvalue weighted by atomic mass is 10.0. The molecule has 2 rings (SSSR count). The quantitative estimate of drug-likeness (QED) is 0.600. The summed E-state index contributed by atoms with van der Waals surface area (Å²) in [6, 6.07) is -0.310. The van der Waals surface area contributed by atoms with Crippen molar-refractivity contribution < 1.29 is 14.7 Å². The minimum Gasteiger partial charge on any atom is -0.478 e. The lowest BCUT2D eigenvalue weighted by molar-refractivity contribution is -0.132. The molecule has 0 aromatic carbocycles. The molecule has 0 radical (unpaired) electrons. The molecule has 1 fully saturated rings. The van der Waals surface area contributed by atoms with Crippen LogP contribution < -0.4 is 5.32 Å². The van der Waals surface area contributed by atoms with Gasteiger partial charge in [0.15, 0.2) is 0 Å². The van der Waals surface area contributed by atoms with Crippen LogP contribution in [-0.4, -0.2) is 28.8 Å². The Hall–Kier alpha value is -0.810. The van der Waals surface area contributed by atoms with E-state index in [0.717, 1.165) is 11.8 Å². The van der Waals surface area contributed by atoms with Crippen molar-refractivity contribution in [3.63, 3.8) is 0 Å². The Morgan fingerprint density at radius 2 is 2.42 bits per heavy atom. The summed E-state index contributed by atoms with van der Waals surface area (Å²) in [5.41, 5.74) is 0.406. The molecule has 4 nitrogen and oxygen atoms in total. The van der Waals surface area contributed by atoms with Crippen LogP contribution >= 0.6 is 11.8 Å². The molecule has 2 aliphatic heterocycles. The Morgan fingerprint density at radius 3 is 3.00 bits per heavy atom. The van der Waals surface area contributed by atoms with E-state index >= 15 is 0 Å². The van der Waals surface area contributed by atoms with Crippen LogP contribution in [0.2, 0.25) is 0 Å². The van der Waals surface area contributed by atoms with Gasteiger partial charge in [-0.25, -0.2) is 4.79 Å². The van der Waals surface area contributed by atoms with E-state index in [1.165, 1.54) is 0 Å². The second-order valence-corrected chi connectivity index (χ2v) is 3.75. The Labute approximate surface area is 73.0 Å². The molecule has 5 heteroatoms. The zero-order valence-electron chi connectivity index (χ0n) is 6.16. The number of hydrogen-bond donors (Lipinski definition) is 2. The third kappa shape index (κ3) is 0.971. The molecule has 2 heterocycles. The standard InChI is InChI=1S/C7H7NO3S/c9-6(10)3-1-2-8-4-5(3)12-7(4)11/h4,8H,1-2H2,(H,9,10). The van der Waals surface area contributed by atoms with E-state index in [-0.39, 0.29) is 11.2 Å². The second-order valence-electron chi connectivity index (χ2n) is 2.71. The van der Waals surface area contributed by atoms with E-state index < -0.39 is 5.97 Å². The number of carboxylic acid groups (broad SMARTS) is 1. The highest BCUT2D eigenvalue weighted by Crippen LogP contribution is 2.40. The Kier molecular flexibility index (Phi) is 1.69. The lowest BCUT2D eigenvalue weighted by Crippen LogP contribution is -2.47. The molecule has 1 atom stereocenters. The van der Waals surface area contributed by atoms with Gasteiger partial charge in [-0.05, 0) is 6.42 Å². The first-order valence-corrected chi connectivity index (χ1v) is 4.43. The first-order valence-electron chi connectivity index (χ1n) is 3.61. The number of aliphatic carboxylic acids is 1. The molecule has 12 heavy (non-hydrogen) atoms. The van der Waals surface area contributed by atoms with E-state index in [2.05, 4.69) is 5.32 Å². The summed E-state index contributed by atoms with van der Waals surface area (Å²) in [7, 11) is 0. The number of fused-ring (bicyclic) bond motifs is 1. The monoisotopic (exact) mass is 185 g/mol. The van der Waals surface area contributed by atoms with Crippen molar-refractivity contribution in [3.8, 4) is 0 Å². The van der Waals surface area contributed by atoms with Crippen LogP contribution in [0.4, 0.5) is 0 Å². The van der Waals surface area contributed by atoms with Gasteiger partial charge in [-0.2, -0.15) is 0 Å². The number of thioether (sulfide) groups is 1. The van der Waals surface area contributed by atoms with Crippen LogP contribution in [0.5, 0.6) is 0 Å². The van der Waals surface area contributed by atoms with Crippen LogP contribution in [0.15, 0.2) is 10.5 Å². The summed E-state index contributed by atoms with van der Waals surface area (Å²) in [5.74, 6) is -0.892. The smallest absolute Gasteiger partial charge is 0.332 e. The summed E-state index contributed by atoms with van der Waals surface area (Å²) >= 11 is 1.05. The van der Waals surface area contributed by atoms with Gasteiger partial charge < -0.3 is 10.4 Å². The molecule has 2 aliphatic rings. The molecule has 0 aromatic heterocycles. The fourth-order valence-corrected chi connectivity index (χ4v) is 2.33. The van der Waals surface area contributed by atoms with Crippen LogP contribution in [0.25, 0.3) is 0 Å². The normalized spacial score (nSPS) is 28.0. The maximum atomic E-state index is 10.9. The summed E-state index contributed by atoms with van der Waals surface area (Å²) in [5, 5.41) is 11.7. The fraction of sp³-hybridized carbons (Fsp3) is 0.429. The highest BCUT2D eigenvalue weighted by Gasteiger charge is 2.41. The Balaban J connectivity index is 2.32. The minimum atomic E-state index is -0.892. The minimum absolute atomic E-state index is 0.0310. The van der Waals surface area contributed by atoms with E-state index in [4.69, 9.17) is 5.11 Å². The van der Waals surface area contributed by atoms with Crippen molar-refractivity contribution >= 4 is 22.8 Å². The SMILES string of the molecule is O=C(O)C1=C2SC(=O)C2NCC1. The maximum Gasteiger partial charge on any atom is 0.332 e. The summed E-state index contributed by atoms with van der Waals surface area (Å²) in [4.78, 5) is 22.3. The summed E-state index contributed by atoms with van der Waals surface area (Å²) < 4.78 is 0. The van der Waals surface area contributed by atoms with Gasteiger partial charge in [-0.15, -0.1) is 0 Å². The molecule has 0 aliphatic carbocycles. The van der Waals surface area contributed by atoms with Gasteiger partial charge in [0.1, 0.15) is 6.04 Å². The van der Waals surface area contributed by atoms with Crippen molar-refractivity contribution in [1.82, 2.24) is 5.32 Å². The van der Waals surface area contributed by atoms with Gasteiger partial charge in [0.05, 0.1) is 5.57 Å². The highest BCUT2D eigenvalue weighted by atomic mass is 32.2. The molecule has 0 bridgehead atoms. The number of carbonyl (C=O) groups excluding carboxylic acids is 1. The van der Waals surface area contributed by atoms with Crippen LogP contribution in [0.3, 0.4) is 0 Å². The van der Waals surface area contributed by atoms with Gasteiger partial charge in [0.25, 0.3) is 0 Å². The van der Waals surface area contributed by atoms with Crippen LogP contribution in [-0.2, 0) is 9.59 Å². The topological polar surface area (TPSA) is 66.4 Å². The maximum absolute atomic E-state index is 10.9. The third-order valence-electron chi connectivity index (χ3n) is 1.99. The molecule has 0 spiro atoms. The molecule has 2 N–H and O–H groups in total. The summed E-state index contributed by atoms with van der Waals surface area (Å²) in [6.45, 7) is 0.585. The number of rotatable bonds is 1. The number of nitrogens with one attached hydrogen (secondary N) is 1. The predicted octanol–water partition coefficient (Wildman–Crippen LogP) is -0.0396. The van der Waals surface area contributed by atoms with Crippen molar-refractivity contribution in [2.45, 2.75) is 12.5 Å². The zero-order valence-corrected chi connectivity index (χ0v) is 6.98. The third-order valence-corrected chi connectivity index (χ3v) is 3.13. The van der Waals surface area contributed by atoms with E-state index in [9.17, 15) is 9.59 Å². The largest absolute Gasteiger partial charge is 0.478 e. The predicted molar refractivity (Wildman–Crippen MR) is 43.7 cm³/mol. The first-order chi connectivity index (χ1) is 5.70. The number of carbonyl (C=O) groups is 2. The second kappa shape index (κ2) is 2.60. The zero-order chi connectivity index (χ0) is 8.72. The van der Waals surface area contributed by atoms with Crippen molar-refractivity contribution in [2.24, 2.45) is 0 Å². The number of carboxylic acids is 1. The lowest BCUT2D eigenvalue weighted by Gasteiger charge is -2.33. The summed E-state index contributed by atoms with van der Waals surface area (Å²) in [6.07, 6.45) is 0.515. The molecule has 64 valence electrons. The van der Waals surface area contributed by atoms with Crippen molar-refractivity contribution in [3.05, 3.63) is 10.5 Å². The van der Waals surface area contributed by atoms with Gasteiger partial charge in [0, 0.05) is 11.4 Å². The average Bonchev–Trinajstić information content (AvgIpc) is 2.02. The average molecular weight is 185 g/mol. The van der Waals surface area contributed by atoms with Crippen molar-refractivity contribution in [2.75, 3.05) is 6.54 Å². The molecule has 1 saturated heterocycles. The first kappa shape index (κ1) is 7.82. The van der Waals surface area contributed by atoms with Gasteiger partial charge in [0.2, 0.25) is 5.12 Å². The Bertz CT molecular complexity index is 297. The van der Waals surface area contributed by atoms with Gasteiger partial charge in [-0.3, -0.25) is 4.79 Å². The fourth-order valence-electron chi connectivity index (χ4n) is 1.36. The van der Waals surface area contributed by atoms with E-state index in [1.807, 2.05) is 0 Å². The van der Waals surface area contributed by atoms with Gasteiger partial charge in [-0.1, -0.05) is 11.8 Å². The molecular formula is C7H7NO3S. The van der Waals surface area contributed by atoms with Crippen LogP contribution in [0.1, 0.15) is 6.42 Å². The van der Waals surface area contributed by atoms with Crippen LogP contribution in [0, 0.1) is 0 Å². The Morgan fingerprint density at radius 1 is 1.67 bits per heavy atom. The highest BCUT2D eigenvalue weighted by molar-refractivity contribution is 8.19. The van der Waals surface area contributed by atoms with E-state index in [0.29, 0.717) is 23.4 Å². The molecule has 0 aromatic rings. The van der Waals surface area contributed by atoms with E-state index in [1.54, 1.807) is 0 Å². The molecule has 0 amide bonds. The van der Waals surface area contributed by atoms with Crippen molar-refractivity contribution in [1.29, 1.82) is 0 Å². The molecule has 1 unspecified atom stereocenters. The molecular weight excluding hydrogens is 178 g/mol.